The molecule has 2 rings (SSSR count). The Balaban J connectivity index is 2.61. The number of hydrogen-bond acceptors (Lipinski definition) is 0. The number of fused-ring (bicyclic) bond motifs is 1. The van der Waals surface area contributed by atoms with Gasteiger partial charge in [-0.25, -0.2) is 4.39 Å². The van der Waals surface area contributed by atoms with Crippen molar-refractivity contribution in [3.63, 3.8) is 0 Å². The maximum Gasteiger partial charge on any atom is 0.126 e. The summed E-state index contributed by atoms with van der Waals surface area (Å²) in [4.78, 5) is 0. The molecule has 0 aliphatic heterocycles. The SMILES string of the molecule is CC1Cc2c(F)ccc(Br)c2C1Cl. The van der Waals surface area contributed by atoms with Gasteiger partial charge < -0.3 is 0 Å². The molecule has 0 fully saturated rings. The Morgan fingerprint density at radius 3 is 2.85 bits per heavy atom. The molecule has 0 bridgehead atoms. The van der Waals surface area contributed by atoms with Gasteiger partial charge in [-0.2, -0.15) is 0 Å². The fourth-order valence-corrected chi connectivity index (χ4v) is 2.91. The molecular weight excluding hydrogens is 254 g/mol. The number of halogens is 3. The van der Waals surface area contributed by atoms with Crippen LogP contribution in [0, 0.1) is 11.7 Å². The van der Waals surface area contributed by atoms with Crippen LogP contribution in [0.25, 0.3) is 0 Å². The van der Waals surface area contributed by atoms with Crippen LogP contribution in [0.2, 0.25) is 0 Å². The van der Waals surface area contributed by atoms with Gasteiger partial charge in [0.15, 0.2) is 0 Å². The van der Waals surface area contributed by atoms with Crippen molar-refractivity contribution < 1.29 is 4.39 Å². The van der Waals surface area contributed by atoms with Crippen LogP contribution in [-0.2, 0) is 6.42 Å². The molecule has 0 saturated carbocycles. The van der Waals surface area contributed by atoms with Gasteiger partial charge in [0, 0.05) is 4.47 Å². The number of rotatable bonds is 0. The maximum atomic E-state index is 13.3. The molecule has 0 aromatic heterocycles. The zero-order valence-electron chi connectivity index (χ0n) is 7.15. The summed E-state index contributed by atoms with van der Waals surface area (Å²) in [6, 6.07) is 3.21. The molecule has 0 saturated heterocycles. The topological polar surface area (TPSA) is 0 Å². The third-order valence-electron chi connectivity index (χ3n) is 2.55. The molecule has 3 heteroatoms. The van der Waals surface area contributed by atoms with Gasteiger partial charge in [0.05, 0.1) is 5.38 Å². The zero-order valence-corrected chi connectivity index (χ0v) is 9.49. The Morgan fingerprint density at radius 2 is 2.23 bits per heavy atom. The minimum absolute atomic E-state index is 0.0555. The van der Waals surface area contributed by atoms with Crippen LogP contribution >= 0.6 is 27.5 Å². The third-order valence-corrected chi connectivity index (χ3v) is 3.89. The highest BCUT2D eigenvalue weighted by molar-refractivity contribution is 9.10. The van der Waals surface area contributed by atoms with Gasteiger partial charge in [-0.1, -0.05) is 22.9 Å². The largest absolute Gasteiger partial charge is 0.207 e. The van der Waals surface area contributed by atoms with Crippen molar-refractivity contribution in [2.24, 2.45) is 5.92 Å². The molecule has 0 heterocycles. The smallest absolute Gasteiger partial charge is 0.126 e. The Bertz CT molecular complexity index is 351. The van der Waals surface area contributed by atoms with Gasteiger partial charge in [-0.3, -0.25) is 0 Å². The fraction of sp³-hybridized carbons (Fsp3) is 0.400. The fourth-order valence-electron chi connectivity index (χ4n) is 1.83. The molecule has 0 spiro atoms. The van der Waals surface area contributed by atoms with E-state index in [0.29, 0.717) is 5.92 Å². The van der Waals surface area contributed by atoms with Gasteiger partial charge >= 0.3 is 0 Å². The van der Waals surface area contributed by atoms with E-state index in [1.54, 1.807) is 6.07 Å². The van der Waals surface area contributed by atoms with Crippen LogP contribution in [0.15, 0.2) is 16.6 Å². The van der Waals surface area contributed by atoms with E-state index >= 15 is 0 Å². The van der Waals surface area contributed by atoms with Crippen LogP contribution in [0.1, 0.15) is 23.4 Å². The lowest BCUT2D eigenvalue weighted by Gasteiger charge is -2.08. The van der Waals surface area contributed by atoms with E-state index in [4.69, 9.17) is 11.6 Å². The molecule has 0 radical (unpaired) electrons. The predicted molar refractivity (Wildman–Crippen MR) is 55.6 cm³/mol. The van der Waals surface area contributed by atoms with Gasteiger partial charge in [-0.05, 0) is 35.6 Å². The van der Waals surface area contributed by atoms with Crippen molar-refractivity contribution in [2.75, 3.05) is 0 Å². The molecule has 2 atom stereocenters. The van der Waals surface area contributed by atoms with Gasteiger partial charge in [0.25, 0.3) is 0 Å². The lowest BCUT2D eigenvalue weighted by atomic mass is 10.1. The van der Waals surface area contributed by atoms with Crippen molar-refractivity contribution >= 4 is 27.5 Å². The molecule has 70 valence electrons. The summed E-state index contributed by atoms with van der Waals surface area (Å²) in [7, 11) is 0. The second-order valence-electron chi connectivity index (χ2n) is 3.50. The van der Waals surface area contributed by atoms with Crippen molar-refractivity contribution in [3.8, 4) is 0 Å². The Morgan fingerprint density at radius 1 is 1.54 bits per heavy atom. The summed E-state index contributed by atoms with van der Waals surface area (Å²) in [5.74, 6) is 0.193. The first-order valence-electron chi connectivity index (χ1n) is 4.22. The number of hydrogen-bond donors (Lipinski definition) is 0. The summed E-state index contributed by atoms with van der Waals surface area (Å²) < 4.78 is 14.3. The van der Waals surface area contributed by atoms with Gasteiger partial charge in [0.2, 0.25) is 0 Å². The highest BCUT2D eigenvalue weighted by Gasteiger charge is 2.31. The Kier molecular flexibility index (Phi) is 2.37. The summed E-state index contributed by atoms with van der Waals surface area (Å²) >= 11 is 9.57. The second-order valence-corrected chi connectivity index (χ2v) is 4.83. The quantitative estimate of drug-likeness (QED) is 0.619. The first kappa shape index (κ1) is 9.47. The van der Waals surface area contributed by atoms with E-state index in [0.717, 1.165) is 22.0 Å². The molecule has 0 N–H and O–H groups in total. The van der Waals surface area contributed by atoms with Crippen LogP contribution in [0.3, 0.4) is 0 Å². The molecule has 2 unspecified atom stereocenters. The molecule has 1 aromatic rings. The first-order valence-corrected chi connectivity index (χ1v) is 5.45. The minimum Gasteiger partial charge on any atom is -0.207 e. The average molecular weight is 264 g/mol. The number of alkyl halides is 1. The maximum absolute atomic E-state index is 13.3. The molecule has 0 amide bonds. The van der Waals surface area contributed by atoms with E-state index in [9.17, 15) is 4.39 Å². The Labute approximate surface area is 90.2 Å². The van der Waals surface area contributed by atoms with E-state index in [-0.39, 0.29) is 11.2 Å². The average Bonchev–Trinajstić information content (AvgIpc) is 2.38. The van der Waals surface area contributed by atoms with E-state index in [2.05, 4.69) is 15.9 Å². The molecular formula is C10H9BrClF. The van der Waals surface area contributed by atoms with Crippen LogP contribution in [0.5, 0.6) is 0 Å². The minimum atomic E-state index is -0.131. The number of benzene rings is 1. The Hall–Kier alpha value is -0.0800. The van der Waals surface area contributed by atoms with Crippen molar-refractivity contribution in [1.29, 1.82) is 0 Å². The normalized spacial score (nSPS) is 26.2. The summed E-state index contributed by atoms with van der Waals surface area (Å²) in [6.45, 7) is 2.05. The molecule has 0 nitrogen and oxygen atoms in total. The highest BCUT2D eigenvalue weighted by Crippen LogP contribution is 2.44. The van der Waals surface area contributed by atoms with Crippen LogP contribution in [0.4, 0.5) is 4.39 Å². The summed E-state index contributed by atoms with van der Waals surface area (Å²) in [5.41, 5.74) is 1.72. The first-order chi connectivity index (χ1) is 6.11. The monoisotopic (exact) mass is 262 g/mol. The predicted octanol–water partition coefficient (Wildman–Crippen LogP) is 4.06. The van der Waals surface area contributed by atoms with Crippen LogP contribution in [-0.4, -0.2) is 0 Å². The third kappa shape index (κ3) is 1.40. The van der Waals surface area contributed by atoms with Crippen LogP contribution < -0.4 is 0 Å². The van der Waals surface area contributed by atoms with E-state index in [1.807, 2.05) is 6.92 Å². The van der Waals surface area contributed by atoms with Gasteiger partial charge in [0.1, 0.15) is 5.82 Å². The second kappa shape index (κ2) is 3.25. The molecule has 1 aromatic carbocycles. The molecule has 1 aliphatic carbocycles. The highest BCUT2D eigenvalue weighted by atomic mass is 79.9. The van der Waals surface area contributed by atoms with Gasteiger partial charge in [-0.15, -0.1) is 11.6 Å². The molecule has 1 aliphatic rings. The lowest BCUT2D eigenvalue weighted by molar-refractivity contribution is 0.580. The van der Waals surface area contributed by atoms with Crippen molar-refractivity contribution in [1.82, 2.24) is 0 Å². The summed E-state index contributed by atoms with van der Waals surface area (Å²) in [6.07, 6.45) is 0.745. The lowest BCUT2D eigenvalue weighted by Crippen LogP contribution is -1.95. The summed E-state index contributed by atoms with van der Waals surface area (Å²) in [5, 5.41) is -0.0555. The van der Waals surface area contributed by atoms with Crippen molar-refractivity contribution in [3.05, 3.63) is 33.5 Å². The van der Waals surface area contributed by atoms with Crippen molar-refractivity contribution in [2.45, 2.75) is 18.7 Å². The van der Waals surface area contributed by atoms with E-state index < -0.39 is 0 Å². The molecule has 13 heavy (non-hydrogen) atoms. The standard InChI is InChI=1S/C10H9BrClF/c1-5-4-6-8(13)3-2-7(11)9(6)10(5)12/h2-3,5,10H,4H2,1H3. The van der Waals surface area contributed by atoms with E-state index in [1.165, 1.54) is 6.07 Å². The zero-order chi connectivity index (χ0) is 9.59.